The number of amidine groups is 1. The van der Waals surface area contributed by atoms with Crippen LogP contribution in [-0.2, 0) is 4.74 Å². The molecule has 3 rings (SSSR count). The van der Waals surface area contributed by atoms with Crippen LogP contribution in [0.15, 0.2) is 46.9 Å². The van der Waals surface area contributed by atoms with Crippen LogP contribution < -0.4 is 16.0 Å². The summed E-state index contributed by atoms with van der Waals surface area (Å²) in [4.78, 5) is 17.4. The number of hydrogen-bond donors (Lipinski definition) is 4. The van der Waals surface area contributed by atoms with Gasteiger partial charge in [-0.3, -0.25) is 9.88 Å². The topological polar surface area (TPSA) is 149 Å². The van der Waals surface area contributed by atoms with E-state index in [4.69, 9.17) is 21.1 Å². The maximum absolute atomic E-state index is 14.7. The summed E-state index contributed by atoms with van der Waals surface area (Å²) in [5.74, 6) is -0.243. The third-order valence-electron chi connectivity index (χ3n) is 4.25. The Balaban J connectivity index is 1.81. The second kappa shape index (κ2) is 9.17. The molecular formula is C18H20FN7O3. The number of halogens is 1. The van der Waals surface area contributed by atoms with Crippen LogP contribution in [-0.4, -0.2) is 54.4 Å². The van der Waals surface area contributed by atoms with Gasteiger partial charge in [0.05, 0.1) is 18.8 Å². The summed E-state index contributed by atoms with van der Waals surface area (Å²) in [5.41, 5.74) is 13.9. The Labute approximate surface area is 165 Å². The number of nitrogens with zero attached hydrogens (tertiary/aromatic N) is 4. The fraction of sp³-hybridized carbons (Fsp3) is 0.278. The third kappa shape index (κ3) is 4.52. The number of anilines is 1. The van der Waals surface area contributed by atoms with E-state index >= 15 is 0 Å². The Morgan fingerprint density at radius 2 is 2.28 bits per heavy atom. The van der Waals surface area contributed by atoms with E-state index < -0.39 is 18.0 Å². The number of cyclic esters (lactones) is 1. The second-order valence-corrected chi connectivity index (χ2v) is 6.16. The van der Waals surface area contributed by atoms with Gasteiger partial charge in [0.15, 0.2) is 5.84 Å². The van der Waals surface area contributed by atoms with Crippen molar-refractivity contribution < 1.29 is 19.0 Å². The number of aromatic nitrogens is 1. The van der Waals surface area contributed by atoms with Crippen LogP contribution in [0.25, 0.3) is 11.1 Å². The summed E-state index contributed by atoms with van der Waals surface area (Å²) in [6, 6.07) is 7.67. The fourth-order valence-electron chi connectivity index (χ4n) is 2.84. The van der Waals surface area contributed by atoms with Crippen molar-refractivity contribution in [2.45, 2.75) is 6.10 Å². The zero-order chi connectivity index (χ0) is 20.8. The number of pyridine rings is 1. The quantitative estimate of drug-likeness (QED) is 0.239. The Hall–Kier alpha value is -3.44. The van der Waals surface area contributed by atoms with Crippen LogP contribution in [0.3, 0.4) is 0 Å². The SMILES string of the molecule is N=N/N=C(\NCCN)c1ccc(-c2ccc(N3C[C@H](CO)OC3=O)cc2F)cn1. The van der Waals surface area contributed by atoms with Crippen LogP contribution in [0.2, 0.25) is 0 Å². The molecule has 0 bridgehead atoms. The van der Waals surface area contributed by atoms with E-state index in [1.165, 1.54) is 17.2 Å². The molecule has 5 N–H and O–H groups in total. The number of nitrogens with two attached hydrogens (primary N) is 1. The average Bonchev–Trinajstić information content (AvgIpc) is 3.12. The zero-order valence-corrected chi connectivity index (χ0v) is 15.4. The zero-order valence-electron chi connectivity index (χ0n) is 15.4. The normalized spacial score (nSPS) is 16.7. The smallest absolute Gasteiger partial charge is 0.414 e. The van der Waals surface area contributed by atoms with Crippen molar-refractivity contribution >= 4 is 17.6 Å². The van der Waals surface area contributed by atoms with E-state index in [9.17, 15) is 9.18 Å². The van der Waals surface area contributed by atoms with Gasteiger partial charge in [0, 0.05) is 30.4 Å². The minimum absolute atomic E-state index is 0.156. The van der Waals surface area contributed by atoms with Gasteiger partial charge >= 0.3 is 6.09 Å². The molecule has 1 aromatic heterocycles. The molecule has 1 fully saturated rings. The molecule has 10 nitrogen and oxygen atoms in total. The molecule has 0 spiro atoms. The number of aliphatic hydroxyl groups excluding tert-OH is 1. The van der Waals surface area contributed by atoms with Gasteiger partial charge in [-0.25, -0.2) is 9.18 Å². The van der Waals surface area contributed by atoms with Gasteiger partial charge in [0.1, 0.15) is 17.6 Å². The average molecular weight is 401 g/mol. The van der Waals surface area contributed by atoms with Crippen LogP contribution in [0.4, 0.5) is 14.9 Å². The summed E-state index contributed by atoms with van der Waals surface area (Å²) < 4.78 is 19.7. The fourth-order valence-corrected chi connectivity index (χ4v) is 2.84. The lowest BCUT2D eigenvalue weighted by atomic mass is 10.1. The number of hydrogen-bond acceptors (Lipinski definition) is 7. The number of benzene rings is 1. The number of carbonyl (C=O) groups excluding carboxylic acids is 1. The Bertz CT molecular complexity index is 920. The summed E-state index contributed by atoms with van der Waals surface area (Å²) >= 11 is 0. The van der Waals surface area contributed by atoms with Gasteiger partial charge in [0.25, 0.3) is 0 Å². The number of rotatable bonds is 7. The molecule has 1 amide bonds. The van der Waals surface area contributed by atoms with Crippen molar-refractivity contribution in [2.75, 3.05) is 31.1 Å². The van der Waals surface area contributed by atoms with Crippen LogP contribution in [0, 0.1) is 11.3 Å². The largest absolute Gasteiger partial charge is 0.441 e. The van der Waals surface area contributed by atoms with Gasteiger partial charge in [-0.2, -0.15) is 5.53 Å². The first-order valence-electron chi connectivity index (χ1n) is 8.81. The first-order chi connectivity index (χ1) is 14.1. The molecule has 1 aliphatic heterocycles. The highest BCUT2D eigenvalue weighted by Gasteiger charge is 2.32. The lowest BCUT2D eigenvalue weighted by Crippen LogP contribution is -2.30. The predicted octanol–water partition coefficient (Wildman–Crippen LogP) is 1.45. The van der Waals surface area contributed by atoms with E-state index in [0.717, 1.165) is 0 Å². The molecule has 1 saturated heterocycles. The van der Waals surface area contributed by atoms with Crippen molar-refractivity contribution in [3.63, 3.8) is 0 Å². The monoisotopic (exact) mass is 401 g/mol. The summed E-state index contributed by atoms with van der Waals surface area (Å²) in [5, 5.41) is 18.7. The summed E-state index contributed by atoms with van der Waals surface area (Å²) in [7, 11) is 0. The molecule has 29 heavy (non-hydrogen) atoms. The first kappa shape index (κ1) is 20.3. The maximum atomic E-state index is 14.7. The Morgan fingerprint density at radius 1 is 1.45 bits per heavy atom. The molecule has 2 heterocycles. The van der Waals surface area contributed by atoms with Crippen molar-refractivity contribution in [3.8, 4) is 11.1 Å². The Kier molecular flexibility index (Phi) is 6.42. The van der Waals surface area contributed by atoms with Crippen LogP contribution in [0.1, 0.15) is 5.69 Å². The second-order valence-electron chi connectivity index (χ2n) is 6.16. The van der Waals surface area contributed by atoms with E-state index in [1.54, 1.807) is 24.3 Å². The maximum Gasteiger partial charge on any atom is 0.414 e. The number of carbonyl (C=O) groups is 1. The highest BCUT2D eigenvalue weighted by atomic mass is 19.1. The van der Waals surface area contributed by atoms with Crippen LogP contribution >= 0.6 is 0 Å². The molecule has 0 unspecified atom stereocenters. The molecule has 1 atom stereocenters. The van der Waals surface area contributed by atoms with E-state index in [0.29, 0.717) is 41.4 Å². The predicted molar refractivity (Wildman–Crippen MR) is 103 cm³/mol. The number of nitrogens with one attached hydrogen (secondary N) is 2. The van der Waals surface area contributed by atoms with E-state index in [1.807, 2.05) is 0 Å². The van der Waals surface area contributed by atoms with Crippen LogP contribution in [0.5, 0.6) is 0 Å². The van der Waals surface area contributed by atoms with Gasteiger partial charge in [-0.05, 0) is 24.3 Å². The van der Waals surface area contributed by atoms with E-state index in [2.05, 4.69) is 20.6 Å². The number of ether oxygens (including phenoxy) is 1. The minimum Gasteiger partial charge on any atom is -0.441 e. The molecular weight excluding hydrogens is 381 g/mol. The molecule has 0 radical (unpaired) electrons. The highest BCUT2D eigenvalue weighted by molar-refractivity contribution is 5.97. The van der Waals surface area contributed by atoms with Gasteiger partial charge in [-0.1, -0.05) is 11.3 Å². The number of aliphatic hydroxyl groups is 1. The van der Waals surface area contributed by atoms with Crippen molar-refractivity contribution in [2.24, 2.45) is 16.1 Å². The molecule has 11 heteroatoms. The lowest BCUT2D eigenvalue weighted by Gasteiger charge is -2.14. The summed E-state index contributed by atoms with van der Waals surface area (Å²) in [6.07, 6.45) is 0.225. The van der Waals surface area contributed by atoms with E-state index in [-0.39, 0.29) is 13.2 Å². The van der Waals surface area contributed by atoms with Crippen molar-refractivity contribution in [1.29, 1.82) is 5.53 Å². The molecule has 2 aromatic rings. The highest BCUT2D eigenvalue weighted by Crippen LogP contribution is 2.28. The van der Waals surface area contributed by atoms with Crippen molar-refractivity contribution in [3.05, 3.63) is 48.0 Å². The molecule has 1 aromatic carbocycles. The molecule has 152 valence electrons. The van der Waals surface area contributed by atoms with Gasteiger partial charge < -0.3 is 20.9 Å². The third-order valence-corrected chi connectivity index (χ3v) is 4.25. The summed E-state index contributed by atoms with van der Waals surface area (Å²) in [6.45, 7) is 0.670. The first-order valence-corrected chi connectivity index (χ1v) is 8.81. The molecule has 0 saturated carbocycles. The van der Waals surface area contributed by atoms with Gasteiger partial charge in [0.2, 0.25) is 0 Å². The number of amides is 1. The molecule has 1 aliphatic rings. The van der Waals surface area contributed by atoms with Gasteiger partial charge in [-0.15, -0.1) is 5.10 Å². The van der Waals surface area contributed by atoms with Crippen molar-refractivity contribution in [1.82, 2.24) is 10.3 Å². The standard InChI is InChI=1S/C18H20FN7O3/c19-15-7-12(26-9-13(10-27)29-18(26)28)2-3-14(15)11-1-4-16(23-8-11)17(24-25-21)22-6-5-20/h1-4,7-8,13,27H,5-6,9-10,20H2,(H2,21,22,24)/t13-/m1/s1. The minimum atomic E-state index is -0.626. The lowest BCUT2D eigenvalue weighted by molar-refractivity contribution is 0.0963. The Morgan fingerprint density at radius 3 is 2.86 bits per heavy atom. The molecule has 0 aliphatic carbocycles.